The lowest BCUT2D eigenvalue weighted by Gasteiger charge is -2.01. The molecule has 1 aromatic rings. The number of aromatic amines is 1. The van der Waals surface area contributed by atoms with Crippen molar-refractivity contribution in [2.45, 2.75) is 0 Å². The van der Waals surface area contributed by atoms with Crippen LogP contribution in [-0.4, -0.2) is 22.9 Å². The van der Waals surface area contributed by atoms with Crippen molar-refractivity contribution in [1.29, 1.82) is 0 Å². The molecule has 0 unspecified atom stereocenters. The number of aromatic nitrogens is 2. The Bertz CT molecular complexity index is 463. The van der Waals surface area contributed by atoms with Crippen LogP contribution in [0, 0.1) is 0 Å². The van der Waals surface area contributed by atoms with Crippen molar-refractivity contribution >= 4 is 16.2 Å². The molecule has 0 radical (unpaired) electrons. The third-order valence-electron chi connectivity index (χ3n) is 1.00. The summed E-state index contributed by atoms with van der Waals surface area (Å²) >= 11 is 0. The molecule has 1 heterocycles. The van der Waals surface area contributed by atoms with E-state index in [1.165, 1.54) is 0 Å². The van der Waals surface area contributed by atoms with Crippen molar-refractivity contribution in [3.63, 3.8) is 0 Å². The number of nitrogens with one attached hydrogen (secondary N) is 1. The van der Waals surface area contributed by atoms with E-state index in [1.807, 2.05) is 4.98 Å². The van der Waals surface area contributed by atoms with Gasteiger partial charge in [-0.25, -0.2) is 4.79 Å². The summed E-state index contributed by atoms with van der Waals surface area (Å²) in [5.74, 6) is -0.778. The van der Waals surface area contributed by atoms with E-state index in [4.69, 9.17) is 10.3 Å². The van der Waals surface area contributed by atoms with Crippen LogP contribution in [-0.2, 0) is 10.4 Å². The molecule has 0 atom stereocenters. The largest absolute Gasteiger partial charge is 0.446 e. The van der Waals surface area contributed by atoms with Crippen LogP contribution in [0.3, 0.4) is 0 Å². The average molecular weight is 207 g/mol. The van der Waals surface area contributed by atoms with Crippen LogP contribution >= 0.6 is 0 Å². The Morgan fingerprint density at radius 2 is 2.23 bits per heavy atom. The van der Waals surface area contributed by atoms with Crippen LogP contribution < -0.4 is 15.6 Å². The number of nitrogens with zero attached hydrogens (tertiary/aromatic N) is 1. The minimum atomic E-state index is -4.65. The highest BCUT2D eigenvalue weighted by atomic mass is 32.3. The van der Waals surface area contributed by atoms with Crippen LogP contribution in [0.1, 0.15) is 0 Å². The maximum Gasteiger partial charge on any atom is 0.446 e. The molecule has 0 aliphatic carbocycles. The quantitative estimate of drug-likeness (QED) is 0.504. The molecule has 0 aromatic carbocycles. The summed E-state index contributed by atoms with van der Waals surface area (Å²) in [4.78, 5) is 15.6. The number of anilines is 1. The van der Waals surface area contributed by atoms with Gasteiger partial charge in [-0.15, -0.1) is 0 Å². The highest BCUT2D eigenvalue weighted by molar-refractivity contribution is 7.81. The smallest absolute Gasteiger partial charge is 0.382 e. The summed E-state index contributed by atoms with van der Waals surface area (Å²) in [7, 11) is -4.65. The Morgan fingerprint density at radius 3 is 2.69 bits per heavy atom. The monoisotopic (exact) mass is 207 g/mol. The third-order valence-corrected chi connectivity index (χ3v) is 1.39. The fourth-order valence-corrected chi connectivity index (χ4v) is 0.935. The summed E-state index contributed by atoms with van der Waals surface area (Å²) in [6, 6.07) is 0. The van der Waals surface area contributed by atoms with Gasteiger partial charge in [0.1, 0.15) is 0 Å². The molecule has 1 aromatic heterocycles. The number of rotatable bonds is 2. The van der Waals surface area contributed by atoms with Crippen LogP contribution in [0.2, 0.25) is 0 Å². The lowest BCUT2D eigenvalue weighted by molar-refractivity contribution is 0.386. The minimum absolute atomic E-state index is 0.336. The molecule has 0 aliphatic rings. The first-order valence-corrected chi connectivity index (χ1v) is 4.27. The zero-order valence-electron chi connectivity index (χ0n) is 6.09. The third kappa shape index (κ3) is 2.72. The zero-order chi connectivity index (χ0) is 10.1. The van der Waals surface area contributed by atoms with E-state index in [-0.39, 0.29) is 5.82 Å². The number of H-pyrrole nitrogens is 1. The van der Waals surface area contributed by atoms with E-state index in [9.17, 15) is 13.2 Å². The lowest BCUT2D eigenvalue weighted by atomic mass is 10.5. The highest BCUT2D eigenvalue weighted by Gasteiger charge is 2.10. The first-order valence-electron chi connectivity index (χ1n) is 2.90. The van der Waals surface area contributed by atoms with Crippen molar-refractivity contribution < 1.29 is 17.2 Å². The van der Waals surface area contributed by atoms with Crippen molar-refractivity contribution in [3.8, 4) is 5.75 Å². The summed E-state index contributed by atoms with van der Waals surface area (Å²) in [5, 5.41) is 0. The van der Waals surface area contributed by atoms with Gasteiger partial charge in [0.15, 0.2) is 5.82 Å². The van der Waals surface area contributed by atoms with Crippen LogP contribution in [0.4, 0.5) is 5.82 Å². The van der Waals surface area contributed by atoms with Gasteiger partial charge in [-0.1, -0.05) is 0 Å². The minimum Gasteiger partial charge on any atom is -0.382 e. The Hall–Kier alpha value is -1.61. The number of nitrogen functional groups attached to an aromatic ring is 1. The van der Waals surface area contributed by atoms with E-state index >= 15 is 0 Å². The first-order chi connectivity index (χ1) is 5.88. The van der Waals surface area contributed by atoms with Gasteiger partial charge in [-0.3, -0.25) is 9.54 Å². The SMILES string of the molecule is Nc1[nH]c(=O)ncc1OS(=O)(=O)O. The topological polar surface area (TPSA) is 135 Å². The van der Waals surface area contributed by atoms with E-state index < -0.39 is 21.8 Å². The van der Waals surface area contributed by atoms with E-state index in [0.717, 1.165) is 6.20 Å². The average Bonchev–Trinajstić information content (AvgIpc) is 1.93. The van der Waals surface area contributed by atoms with Crippen molar-refractivity contribution in [1.82, 2.24) is 9.97 Å². The van der Waals surface area contributed by atoms with Crippen LogP contribution in [0.5, 0.6) is 5.75 Å². The number of hydrogen-bond acceptors (Lipinski definition) is 6. The van der Waals surface area contributed by atoms with Crippen molar-refractivity contribution in [2.24, 2.45) is 0 Å². The number of hydrogen-bond donors (Lipinski definition) is 3. The second-order valence-electron chi connectivity index (χ2n) is 1.98. The summed E-state index contributed by atoms with van der Waals surface area (Å²) < 4.78 is 32.6. The normalized spacial score (nSPS) is 11.2. The maximum absolute atomic E-state index is 10.5. The maximum atomic E-state index is 10.5. The molecule has 4 N–H and O–H groups in total. The molecule has 0 spiro atoms. The second kappa shape index (κ2) is 3.03. The standard InChI is InChI=1S/C4H5N3O5S/c5-3-2(12-13(9,10)11)1-6-4(8)7-3/h1H,(H,9,10,11)(H3,5,6,7,8). The van der Waals surface area contributed by atoms with Crippen molar-refractivity contribution in [3.05, 3.63) is 16.7 Å². The molecule has 0 amide bonds. The second-order valence-corrected chi connectivity index (χ2v) is 3.00. The summed E-state index contributed by atoms with van der Waals surface area (Å²) in [6.07, 6.45) is 0.780. The Kier molecular flexibility index (Phi) is 2.21. The van der Waals surface area contributed by atoms with E-state index in [0.29, 0.717) is 0 Å². The molecule has 0 bridgehead atoms. The molecular formula is C4H5N3O5S. The predicted molar refractivity (Wildman–Crippen MR) is 41.4 cm³/mol. The lowest BCUT2D eigenvalue weighted by Crippen LogP contribution is -2.15. The van der Waals surface area contributed by atoms with Gasteiger partial charge in [-0.2, -0.15) is 13.4 Å². The Balaban J connectivity index is 3.11. The first kappa shape index (κ1) is 9.48. The molecule has 0 saturated carbocycles. The van der Waals surface area contributed by atoms with Gasteiger partial charge in [-0.05, 0) is 0 Å². The highest BCUT2D eigenvalue weighted by Crippen LogP contribution is 2.15. The Labute approximate surface area is 72.3 Å². The zero-order valence-corrected chi connectivity index (χ0v) is 6.91. The fraction of sp³-hybridized carbons (Fsp3) is 0. The van der Waals surface area contributed by atoms with Crippen molar-refractivity contribution in [2.75, 3.05) is 5.73 Å². The van der Waals surface area contributed by atoms with Gasteiger partial charge < -0.3 is 9.92 Å². The van der Waals surface area contributed by atoms with Gasteiger partial charge in [0.2, 0.25) is 5.75 Å². The summed E-state index contributed by atoms with van der Waals surface area (Å²) in [6.45, 7) is 0. The van der Waals surface area contributed by atoms with Crippen LogP contribution in [0.15, 0.2) is 11.0 Å². The Morgan fingerprint density at radius 1 is 1.62 bits per heavy atom. The van der Waals surface area contributed by atoms with Gasteiger partial charge in [0.05, 0.1) is 6.20 Å². The van der Waals surface area contributed by atoms with E-state index in [2.05, 4.69) is 9.17 Å². The molecular weight excluding hydrogens is 202 g/mol. The van der Waals surface area contributed by atoms with E-state index in [1.54, 1.807) is 0 Å². The summed E-state index contributed by atoms with van der Waals surface area (Å²) in [5.41, 5.74) is 4.38. The van der Waals surface area contributed by atoms with Gasteiger partial charge in [0.25, 0.3) is 0 Å². The molecule has 0 saturated heterocycles. The predicted octanol–water partition coefficient (Wildman–Crippen LogP) is -1.47. The molecule has 1 rings (SSSR count). The number of nitrogens with two attached hydrogens (primary N) is 1. The molecule has 8 nitrogen and oxygen atoms in total. The molecule has 9 heteroatoms. The van der Waals surface area contributed by atoms with Gasteiger partial charge in [0, 0.05) is 0 Å². The van der Waals surface area contributed by atoms with Crippen LogP contribution in [0.25, 0.3) is 0 Å². The molecule has 72 valence electrons. The van der Waals surface area contributed by atoms with Gasteiger partial charge >= 0.3 is 16.1 Å². The molecule has 0 fully saturated rings. The fourth-order valence-electron chi connectivity index (χ4n) is 0.576. The molecule has 0 aliphatic heterocycles. The molecule has 13 heavy (non-hydrogen) atoms.